The van der Waals surface area contributed by atoms with Gasteiger partial charge in [-0.1, -0.05) is 41.9 Å². The summed E-state index contributed by atoms with van der Waals surface area (Å²) < 4.78 is 0. The largest absolute Gasteiger partial charge is 0.390 e. The summed E-state index contributed by atoms with van der Waals surface area (Å²) in [5.74, 6) is -0.254. The summed E-state index contributed by atoms with van der Waals surface area (Å²) in [5, 5.41) is 13.4. The lowest BCUT2D eigenvalue weighted by Crippen LogP contribution is -2.32. The van der Waals surface area contributed by atoms with Crippen LogP contribution in [0.5, 0.6) is 0 Å². The number of nitrogens with zero attached hydrogens (tertiary/aromatic N) is 1. The first-order chi connectivity index (χ1) is 10.6. The molecular weight excluding hydrogens is 300 g/mol. The van der Waals surface area contributed by atoms with Crippen LogP contribution in [-0.4, -0.2) is 22.1 Å². The molecule has 1 amide bonds. The first kappa shape index (κ1) is 14.8. The number of halogens is 1. The van der Waals surface area contributed by atoms with Crippen molar-refractivity contribution in [2.45, 2.75) is 18.6 Å². The van der Waals surface area contributed by atoms with Crippen LogP contribution in [0.3, 0.4) is 0 Å². The number of benzene rings is 1. The monoisotopic (exact) mass is 314 g/mol. The summed E-state index contributed by atoms with van der Waals surface area (Å²) in [7, 11) is 0. The van der Waals surface area contributed by atoms with Crippen molar-refractivity contribution in [2.24, 2.45) is 0 Å². The fourth-order valence-electron chi connectivity index (χ4n) is 2.61. The van der Waals surface area contributed by atoms with Crippen molar-refractivity contribution in [1.82, 2.24) is 10.3 Å². The van der Waals surface area contributed by atoms with Gasteiger partial charge in [0.1, 0.15) is 5.15 Å². The number of fused-ring (bicyclic) bond motifs is 1. The third-order valence-electron chi connectivity index (χ3n) is 3.68. The second-order valence-electron chi connectivity index (χ2n) is 5.20. The van der Waals surface area contributed by atoms with Crippen LogP contribution in [0.25, 0.3) is 6.08 Å². The van der Waals surface area contributed by atoms with Crippen LogP contribution < -0.4 is 5.32 Å². The molecule has 3 rings (SSSR count). The van der Waals surface area contributed by atoms with E-state index in [1.54, 1.807) is 24.4 Å². The van der Waals surface area contributed by atoms with Gasteiger partial charge in [-0.3, -0.25) is 4.79 Å². The summed E-state index contributed by atoms with van der Waals surface area (Å²) in [5.41, 5.74) is 2.84. The Morgan fingerprint density at radius 3 is 2.91 bits per heavy atom. The first-order valence-corrected chi connectivity index (χ1v) is 7.37. The molecule has 2 aromatic rings. The number of pyridine rings is 1. The second-order valence-corrected chi connectivity index (χ2v) is 5.59. The van der Waals surface area contributed by atoms with Crippen molar-refractivity contribution >= 4 is 23.6 Å². The van der Waals surface area contributed by atoms with Crippen molar-refractivity contribution in [1.29, 1.82) is 0 Å². The average molecular weight is 315 g/mol. The van der Waals surface area contributed by atoms with Gasteiger partial charge in [-0.25, -0.2) is 4.98 Å². The highest BCUT2D eigenvalue weighted by Crippen LogP contribution is 2.31. The molecule has 1 aromatic heterocycles. The molecule has 4 nitrogen and oxygen atoms in total. The minimum Gasteiger partial charge on any atom is -0.390 e. The Bertz CT molecular complexity index is 713. The van der Waals surface area contributed by atoms with Crippen LogP contribution in [-0.2, 0) is 11.2 Å². The van der Waals surface area contributed by atoms with Gasteiger partial charge in [-0.05, 0) is 28.8 Å². The standard InChI is InChI=1S/C17H15ClN2O2/c18-15-7-5-11(10-19-15)6-8-16(22)20-17-13-4-2-1-3-12(13)9-14(17)21/h1-8,10,14,17,21H,9H2,(H,20,22)/b8-6+. The maximum Gasteiger partial charge on any atom is 0.244 e. The van der Waals surface area contributed by atoms with Gasteiger partial charge in [0, 0.05) is 18.7 Å². The Hall–Kier alpha value is -2.17. The number of rotatable bonds is 3. The van der Waals surface area contributed by atoms with Crippen LogP contribution in [0.2, 0.25) is 5.15 Å². The summed E-state index contributed by atoms with van der Waals surface area (Å²) in [6, 6.07) is 10.8. The van der Waals surface area contributed by atoms with Crippen molar-refractivity contribution in [2.75, 3.05) is 0 Å². The summed E-state index contributed by atoms with van der Waals surface area (Å²) in [4.78, 5) is 16.0. The van der Waals surface area contributed by atoms with E-state index in [2.05, 4.69) is 10.3 Å². The Kier molecular flexibility index (Phi) is 4.22. The van der Waals surface area contributed by atoms with E-state index < -0.39 is 6.10 Å². The summed E-state index contributed by atoms with van der Waals surface area (Å²) >= 11 is 5.71. The molecule has 1 aromatic carbocycles. The van der Waals surface area contributed by atoms with Gasteiger partial charge >= 0.3 is 0 Å². The van der Waals surface area contributed by atoms with E-state index in [4.69, 9.17) is 11.6 Å². The van der Waals surface area contributed by atoms with Crippen molar-refractivity contribution in [3.05, 3.63) is 70.5 Å². The quantitative estimate of drug-likeness (QED) is 0.676. The minimum absolute atomic E-state index is 0.254. The summed E-state index contributed by atoms with van der Waals surface area (Å²) in [6.07, 6.45) is 4.65. The molecular formula is C17H15ClN2O2. The predicted octanol–water partition coefficient (Wildman–Crippen LogP) is 2.52. The first-order valence-electron chi connectivity index (χ1n) is 6.99. The van der Waals surface area contributed by atoms with E-state index in [1.165, 1.54) is 6.08 Å². The molecule has 0 aliphatic heterocycles. The third kappa shape index (κ3) is 3.18. The van der Waals surface area contributed by atoms with Crippen LogP contribution in [0, 0.1) is 0 Å². The number of aliphatic hydroxyl groups excluding tert-OH is 1. The number of nitrogens with one attached hydrogen (secondary N) is 1. The van der Waals surface area contributed by atoms with Crippen LogP contribution in [0.4, 0.5) is 0 Å². The number of hydrogen-bond acceptors (Lipinski definition) is 3. The minimum atomic E-state index is -0.591. The van der Waals surface area contributed by atoms with Crippen LogP contribution >= 0.6 is 11.6 Å². The van der Waals surface area contributed by atoms with Crippen molar-refractivity contribution in [3.63, 3.8) is 0 Å². The fraction of sp³-hybridized carbons (Fsp3) is 0.176. The van der Waals surface area contributed by atoms with E-state index >= 15 is 0 Å². The van der Waals surface area contributed by atoms with Gasteiger partial charge < -0.3 is 10.4 Å². The van der Waals surface area contributed by atoms with Gasteiger partial charge in [0.2, 0.25) is 5.91 Å². The molecule has 0 radical (unpaired) electrons. The highest BCUT2D eigenvalue weighted by atomic mass is 35.5. The highest BCUT2D eigenvalue weighted by molar-refractivity contribution is 6.29. The van der Waals surface area contributed by atoms with Gasteiger partial charge in [0.25, 0.3) is 0 Å². The van der Waals surface area contributed by atoms with E-state index in [9.17, 15) is 9.90 Å². The van der Waals surface area contributed by atoms with Gasteiger partial charge in [-0.15, -0.1) is 0 Å². The van der Waals surface area contributed by atoms with Gasteiger partial charge in [0.15, 0.2) is 0 Å². The Morgan fingerprint density at radius 2 is 2.14 bits per heavy atom. The summed E-state index contributed by atoms with van der Waals surface area (Å²) in [6.45, 7) is 0. The van der Waals surface area contributed by atoms with E-state index in [1.807, 2.05) is 24.3 Å². The molecule has 0 saturated carbocycles. The zero-order valence-corrected chi connectivity index (χ0v) is 12.5. The molecule has 0 spiro atoms. The number of aliphatic hydroxyl groups is 1. The molecule has 1 aliphatic rings. The molecule has 1 aliphatic carbocycles. The molecule has 0 fully saturated rings. The normalized spacial score (nSPS) is 20.1. The number of carbonyl (C=O) groups excluding carboxylic acids is 1. The van der Waals surface area contributed by atoms with Crippen molar-refractivity contribution < 1.29 is 9.90 Å². The van der Waals surface area contributed by atoms with E-state index in [0.717, 1.165) is 16.7 Å². The Morgan fingerprint density at radius 1 is 1.32 bits per heavy atom. The lowest BCUT2D eigenvalue weighted by Gasteiger charge is -2.16. The lowest BCUT2D eigenvalue weighted by atomic mass is 10.1. The number of hydrogen-bond donors (Lipinski definition) is 2. The molecule has 2 N–H and O–H groups in total. The molecule has 2 unspecified atom stereocenters. The van der Waals surface area contributed by atoms with E-state index in [0.29, 0.717) is 11.6 Å². The van der Waals surface area contributed by atoms with Gasteiger partial charge in [-0.2, -0.15) is 0 Å². The molecule has 112 valence electrons. The molecule has 22 heavy (non-hydrogen) atoms. The smallest absolute Gasteiger partial charge is 0.244 e. The number of carbonyl (C=O) groups is 1. The zero-order valence-electron chi connectivity index (χ0n) is 11.7. The van der Waals surface area contributed by atoms with Crippen molar-refractivity contribution in [3.8, 4) is 0 Å². The fourth-order valence-corrected chi connectivity index (χ4v) is 2.72. The maximum atomic E-state index is 12.0. The zero-order chi connectivity index (χ0) is 15.5. The lowest BCUT2D eigenvalue weighted by molar-refractivity contribution is -0.117. The second kappa shape index (κ2) is 6.30. The van der Waals surface area contributed by atoms with Crippen LogP contribution in [0.1, 0.15) is 22.7 Å². The molecule has 1 heterocycles. The third-order valence-corrected chi connectivity index (χ3v) is 3.90. The van der Waals surface area contributed by atoms with E-state index in [-0.39, 0.29) is 11.9 Å². The topological polar surface area (TPSA) is 62.2 Å². The molecule has 0 saturated heterocycles. The predicted molar refractivity (Wildman–Crippen MR) is 85.3 cm³/mol. The number of aromatic nitrogens is 1. The number of amides is 1. The molecule has 2 atom stereocenters. The molecule has 5 heteroatoms. The van der Waals surface area contributed by atoms with Gasteiger partial charge in [0.05, 0.1) is 12.1 Å². The highest BCUT2D eigenvalue weighted by Gasteiger charge is 2.31. The average Bonchev–Trinajstić information content (AvgIpc) is 2.83. The molecule has 0 bridgehead atoms. The Labute approximate surface area is 133 Å². The Balaban J connectivity index is 1.68. The maximum absolute atomic E-state index is 12.0. The van der Waals surface area contributed by atoms with Crippen LogP contribution in [0.15, 0.2) is 48.7 Å². The SMILES string of the molecule is O=C(/C=C/c1ccc(Cl)nc1)NC1c2ccccc2CC1O.